The Morgan fingerprint density at radius 3 is 0.964 bits per heavy atom. The van der Waals surface area contributed by atoms with Crippen LogP contribution >= 0.6 is 0 Å². The molecular formula is C27H26Ge. The summed E-state index contributed by atoms with van der Waals surface area (Å²) in [4.78, 5) is 0. The summed E-state index contributed by atoms with van der Waals surface area (Å²) in [6.45, 7) is 0. The Bertz CT molecular complexity index is 862. The SMILES string of the molecule is c1ccc([CH2][Ge]([CH2]c2ccccc2)([CH2]c2ccccc2)[c]2ccccc2)cc1. The first-order valence-corrected chi connectivity index (χ1v) is 15.5. The summed E-state index contributed by atoms with van der Waals surface area (Å²) in [5, 5.41) is 3.61. The van der Waals surface area contributed by atoms with Crippen LogP contribution in [0, 0.1) is 0 Å². The third-order valence-corrected chi connectivity index (χ3v) is 15.6. The van der Waals surface area contributed by atoms with Crippen LogP contribution in [0.2, 0.25) is 0 Å². The summed E-state index contributed by atoms with van der Waals surface area (Å²) in [5.74, 6) is 0. The van der Waals surface area contributed by atoms with Gasteiger partial charge in [-0.2, -0.15) is 0 Å². The van der Waals surface area contributed by atoms with Crippen LogP contribution in [0.15, 0.2) is 121 Å². The predicted octanol–water partition coefficient (Wildman–Crippen LogP) is 5.69. The van der Waals surface area contributed by atoms with Crippen molar-refractivity contribution < 1.29 is 0 Å². The fraction of sp³-hybridized carbons (Fsp3) is 0.111. The Kier molecular flexibility index (Phi) is 6.08. The van der Waals surface area contributed by atoms with Gasteiger partial charge in [-0.3, -0.25) is 0 Å². The van der Waals surface area contributed by atoms with E-state index in [4.69, 9.17) is 0 Å². The van der Waals surface area contributed by atoms with Gasteiger partial charge >= 0.3 is 171 Å². The van der Waals surface area contributed by atoms with Crippen molar-refractivity contribution in [2.45, 2.75) is 15.8 Å². The average Bonchev–Trinajstić information content (AvgIpc) is 2.76. The molecular weight excluding hydrogens is 397 g/mol. The summed E-state index contributed by atoms with van der Waals surface area (Å²) >= 11 is -2.56. The van der Waals surface area contributed by atoms with E-state index in [-0.39, 0.29) is 0 Å². The predicted molar refractivity (Wildman–Crippen MR) is 122 cm³/mol. The average molecular weight is 423 g/mol. The van der Waals surface area contributed by atoms with E-state index in [1.165, 1.54) is 32.5 Å². The maximum absolute atomic E-state index is 2.56. The fourth-order valence-electron chi connectivity index (χ4n) is 4.25. The van der Waals surface area contributed by atoms with Crippen LogP contribution in [0.4, 0.5) is 0 Å². The standard InChI is InChI=1S/C27H26Ge/c1-5-13-24(14-6-1)21-28(27-19-11-4-12-20-27,22-25-15-7-2-8-16-25)23-26-17-9-3-10-18-26/h1-20H,21-23H2. The van der Waals surface area contributed by atoms with Gasteiger partial charge in [0.25, 0.3) is 0 Å². The van der Waals surface area contributed by atoms with Crippen molar-refractivity contribution in [3.05, 3.63) is 138 Å². The Morgan fingerprint density at radius 1 is 0.357 bits per heavy atom. The Labute approximate surface area is 171 Å². The molecule has 4 rings (SSSR count). The molecule has 0 saturated heterocycles. The molecule has 0 radical (unpaired) electrons. The van der Waals surface area contributed by atoms with Crippen molar-refractivity contribution in [3.8, 4) is 0 Å². The van der Waals surface area contributed by atoms with Gasteiger partial charge in [0.2, 0.25) is 0 Å². The van der Waals surface area contributed by atoms with E-state index in [0.717, 1.165) is 0 Å². The molecule has 0 N–H and O–H groups in total. The van der Waals surface area contributed by atoms with Gasteiger partial charge in [-0.25, -0.2) is 0 Å². The van der Waals surface area contributed by atoms with E-state index in [9.17, 15) is 0 Å². The molecule has 4 aromatic rings. The van der Waals surface area contributed by atoms with Gasteiger partial charge in [0.05, 0.1) is 0 Å². The molecule has 0 amide bonds. The maximum atomic E-state index is 2.38. The van der Waals surface area contributed by atoms with Crippen molar-refractivity contribution in [3.63, 3.8) is 0 Å². The minimum atomic E-state index is -2.56. The van der Waals surface area contributed by atoms with Crippen molar-refractivity contribution >= 4 is 17.7 Å². The zero-order valence-electron chi connectivity index (χ0n) is 16.2. The first-order valence-electron chi connectivity index (χ1n) is 10.0. The number of benzene rings is 4. The normalized spacial score (nSPS) is 11.3. The van der Waals surface area contributed by atoms with Crippen LogP contribution < -0.4 is 4.40 Å². The second kappa shape index (κ2) is 9.08. The van der Waals surface area contributed by atoms with Gasteiger partial charge in [0, 0.05) is 0 Å². The first-order chi connectivity index (χ1) is 13.8. The third-order valence-electron chi connectivity index (χ3n) is 5.54. The summed E-state index contributed by atoms with van der Waals surface area (Å²) < 4.78 is 1.60. The summed E-state index contributed by atoms with van der Waals surface area (Å²) in [5.41, 5.74) is 4.41. The van der Waals surface area contributed by atoms with E-state index in [1.807, 2.05) is 0 Å². The van der Waals surface area contributed by atoms with Crippen molar-refractivity contribution in [2.24, 2.45) is 0 Å². The zero-order valence-corrected chi connectivity index (χ0v) is 18.3. The van der Waals surface area contributed by atoms with E-state index in [0.29, 0.717) is 0 Å². The molecule has 0 aliphatic carbocycles. The monoisotopic (exact) mass is 424 g/mol. The molecule has 0 nitrogen and oxygen atoms in total. The van der Waals surface area contributed by atoms with Crippen LogP contribution in [0.3, 0.4) is 0 Å². The molecule has 0 aliphatic rings. The van der Waals surface area contributed by atoms with Gasteiger partial charge < -0.3 is 0 Å². The molecule has 0 bridgehead atoms. The second-order valence-corrected chi connectivity index (χ2v) is 16.4. The number of rotatable bonds is 7. The van der Waals surface area contributed by atoms with Crippen LogP contribution in [-0.4, -0.2) is 13.3 Å². The molecule has 0 heterocycles. The minimum absolute atomic E-state index is 1.20. The number of hydrogen-bond acceptors (Lipinski definition) is 0. The quantitative estimate of drug-likeness (QED) is 0.335. The van der Waals surface area contributed by atoms with E-state index < -0.39 is 13.3 Å². The molecule has 28 heavy (non-hydrogen) atoms. The van der Waals surface area contributed by atoms with Crippen LogP contribution in [0.25, 0.3) is 0 Å². The molecule has 0 saturated carbocycles. The van der Waals surface area contributed by atoms with Crippen LogP contribution in [-0.2, 0) is 15.8 Å². The van der Waals surface area contributed by atoms with E-state index in [2.05, 4.69) is 121 Å². The van der Waals surface area contributed by atoms with Gasteiger partial charge in [-0.1, -0.05) is 0 Å². The molecule has 0 fully saturated rings. The van der Waals surface area contributed by atoms with E-state index >= 15 is 0 Å². The fourth-order valence-corrected chi connectivity index (χ4v) is 14.6. The number of hydrogen-bond donors (Lipinski definition) is 0. The van der Waals surface area contributed by atoms with Crippen LogP contribution in [0.1, 0.15) is 16.7 Å². The summed E-state index contributed by atoms with van der Waals surface area (Å²) in [6, 6.07) is 44.6. The third kappa shape index (κ3) is 4.63. The molecule has 0 spiro atoms. The molecule has 4 aromatic carbocycles. The Balaban J connectivity index is 1.82. The molecule has 0 atom stereocenters. The molecule has 1 heteroatoms. The molecule has 138 valence electrons. The topological polar surface area (TPSA) is 0 Å². The van der Waals surface area contributed by atoms with E-state index in [1.54, 1.807) is 4.40 Å². The Hall–Kier alpha value is -2.58. The molecule has 0 unspecified atom stereocenters. The van der Waals surface area contributed by atoms with Crippen LogP contribution in [0.5, 0.6) is 0 Å². The van der Waals surface area contributed by atoms with Gasteiger partial charge in [0.15, 0.2) is 0 Å². The van der Waals surface area contributed by atoms with Gasteiger partial charge in [0.1, 0.15) is 0 Å². The van der Waals surface area contributed by atoms with Crippen molar-refractivity contribution in [1.82, 2.24) is 0 Å². The summed E-state index contributed by atoms with van der Waals surface area (Å²) in [7, 11) is 0. The van der Waals surface area contributed by atoms with Gasteiger partial charge in [-0.05, 0) is 0 Å². The summed E-state index contributed by atoms with van der Waals surface area (Å²) in [6.07, 6.45) is 0. The van der Waals surface area contributed by atoms with Gasteiger partial charge in [-0.15, -0.1) is 0 Å². The van der Waals surface area contributed by atoms with Crippen molar-refractivity contribution in [2.75, 3.05) is 0 Å². The zero-order chi connectivity index (χ0) is 19.1. The molecule has 0 aromatic heterocycles. The van der Waals surface area contributed by atoms with Crippen molar-refractivity contribution in [1.29, 1.82) is 0 Å². The first kappa shape index (κ1) is 18.8. The Morgan fingerprint density at radius 2 is 0.643 bits per heavy atom. The second-order valence-electron chi connectivity index (χ2n) is 7.63. The molecule has 0 aliphatic heterocycles.